The van der Waals surface area contributed by atoms with Crippen molar-refractivity contribution in [3.05, 3.63) is 34.3 Å². The first-order chi connectivity index (χ1) is 5.66. The van der Waals surface area contributed by atoms with E-state index in [0.717, 1.165) is 0 Å². The van der Waals surface area contributed by atoms with Crippen molar-refractivity contribution < 1.29 is 9.90 Å². The third kappa shape index (κ3) is 1.25. The van der Waals surface area contributed by atoms with Crippen LogP contribution in [0.2, 0.25) is 0 Å². The number of carboxylic acid groups (broad SMARTS) is 1. The number of diazo groups is 1. The van der Waals surface area contributed by atoms with Gasteiger partial charge in [-0.2, -0.15) is 0 Å². The highest BCUT2D eigenvalue weighted by Gasteiger charge is 2.21. The number of hydrogen-bond acceptors (Lipinski definition) is 2. The van der Waals surface area contributed by atoms with Crippen LogP contribution in [0.1, 0.15) is 15.9 Å². The monoisotopic (exact) mass is 163 g/mol. The number of carbonyl (C=O) groups is 1. The van der Waals surface area contributed by atoms with E-state index in [0.29, 0.717) is 5.56 Å². The Morgan fingerprint density at radius 2 is 2.25 bits per heavy atom. The predicted octanol–water partition coefficient (Wildman–Crippen LogP) is 2.18. The van der Waals surface area contributed by atoms with Crippen molar-refractivity contribution in [1.29, 1.82) is 5.39 Å². The zero-order chi connectivity index (χ0) is 9.14. The fourth-order valence-electron chi connectivity index (χ4n) is 0.964. The fourth-order valence-corrected chi connectivity index (χ4v) is 0.964. The van der Waals surface area contributed by atoms with E-state index in [4.69, 9.17) is 10.5 Å². The molecule has 0 radical (unpaired) electrons. The molecule has 0 atom stereocenters. The molecule has 4 nitrogen and oxygen atoms in total. The van der Waals surface area contributed by atoms with Crippen LogP contribution >= 0.6 is 0 Å². The third-order valence-corrected chi connectivity index (χ3v) is 1.57. The summed E-state index contributed by atoms with van der Waals surface area (Å²) in [5, 5.41) is 17.2. The maximum atomic E-state index is 10.6. The number of carboxylic acids is 1. The Morgan fingerprint density at radius 3 is 2.67 bits per heavy atom. The highest BCUT2D eigenvalue weighted by Crippen LogP contribution is 2.23. The maximum Gasteiger partial charge on any atom is 0.402 e. The van der Waals surface area contributed by atoms with Crippen molar-refractivity contribution in [3.8, 4) is 0 Å². The summed E-state index contributed by atoms with van der Waals surface area (Å²) in [6.07, 6.45) is 0. The van der Waals surface area contributed by atoms with Crippen molar-refractivity contribution in [2.24, 2.45) is 0 Å². The van der Waals surface area contributed by atoms with Gasteiger partial charge in [0, 0.05) is 5.56 Å². The maximum absolute atomic E-state index is 10.6. The first kappa shape index (κ1) is 8.21. The Labute approximate surface area is 69.1 Å². The molecule has 1 N–H and O–H groups in total. The summed E-state index contributed by atoms with van der Waals surface area (Å²) in [6, 6.07) is 4.68. The lowest BCUT2D eigenvalue weighted by Crippen LogP contribution is -1.96. The zero-order valence-electron chi connectivity index (χ0n) is 6.48. The molecule has 1 aromatic rings. The first-order valence-corrected chi connectivity index (χ1v) is 3.35. The number of nitrogens with zero attached hydrogens (tertiary/aromatic N) is 2. The van der Waals surface area contributed by atoms with Gasteiger partial charge in [-0.05, 0) is 13.0 Å². The van der Waals surface area contributed by atoms with Gasteiger partial charge >= 0.3 is 11.7 Å². The summed E-state index contributed by atoms with van der Waals surface area (Å²) in [7, 11) is 0. The van der Waals surface area contributed by atoms with Crippen LogP contribution in [0.3, 0.4) is 0 Å². The summed E-state index contributed by atoms with van der Waals surface area (Å²) in [5.74, 6) is -1.09. The molecule has 0 spiro atoms. The molecular weight excluding hydrogens is 156 g/mol. The largest absolute Gasteiger partial charge is 0.477 e. The Morgan fingerprint density at radius 1 is 1.58 bits per heavy atom. The van der Waals surface area contributed by atoms with Gasteiger partial charge in [-0.15, -0.1) is 0 Å². The highest BCUT2D eigenvalue weighted by atomic mass is 16.4. The van der Waals surface area contributed by atoms with Gasteiger partial charge in [-0.3, -0.25) is 0 Å². The number of aryl methyl sites for hydroxylation is 1. The lowest BCUT2D eigenvalue weighted by Gasteiger charge is -1.90. The van der Waals surface area contributed by atoms with Crippen LogP contribution in [0.25, 0.3) is 4.98 Å². The summed E-state index contributed by atoms with van der Waals surface area (Å²) >= 11 is 0. The minimum absolute atomic E-state index is 0.0116. The molecule has 1 rings (SSSR count). The lowest BCUT2D eigenvalue weighted by molar-refractivity contribution is 0.0698. The summed E-state index contributed by atoms with van der Waals surface area (Å²) in [4.78, 5) is 13.5. The van der Waals surface area contributed by atoms with Crippen LogP contribution in [-0.2, 0) is 0 Å². The Balaban J connectivity index is 3.40. The standard InChI is InChI=1S/C8H6N2O2/c1-5-3-2-4-6(8(11)12)7(5)10-9/h2-4H,1H3/p+1. The summed E-state index contributed by atoms with van der Waals surface area (Å²) < 4.78 is 0. The van der Waals surface area contributed by atoms with Gasteiger partial charge in [0.15, 0.2) is 10.5 Å². The van der Waals surface area contributed by atoms with Gasteiger partial charge < -0.3 is 5.11 Å². The molecule has 0 aliphatic heterocycles. The van der Waals surface area contributed by atoms with E-state index in [1.54, 1.807) is 19.1 Å². The molecule has 4 heteroatoms. The van der Waals surface area contributed by atoms with Crippen LogP contribution in [-0.4, -0.2) is 11.1 Å². The van der Waals surface area contributed by atoms with Gasteiger partial charge in [-0.25, -0.2) is 4.79 Å². The zero-order valence-corrected chi connectivity index (χ0v) is 6.48. The summed E-state index contributed by atoms with van der Waals surface area (Å²) in [6.45, 7) is 1.68. The number of rotatable bonds is 1. The Bertz CT molecular complexity index is 366. The fraction of sp³-hybridized carbons (Fsp3) is 0.125. The van der Waals surface area contributed by atoms with Crippen molar-refractivity contribution in [2.45, 2.75) is 6.92 Å². The normalized spacial score (nSPS) is 9.00. The van der Waals surface area contributed by atoms with Crippen molar-refractivity contribution in [1.82, 2.24) is 0 Å². The average molecular weight is 163 g/mol. The second-order valence-corrected chi connectivity index (χ2v) is 2.38. The van der Waals surface area contributed by atoms with Crippen LogP contribution in [0, 0.1) is 12.3 Å². The molecule has 0 aromatic heterocycles. The van der Waals surface area contributed by atoms with E-state index in [1.165, 1.54) is 6.07 Å². The topological polar surface area (TPSA) is 65.4 Å². The highest BCUT2D eigenvalue weighted by molar-refractivity contribution is 5.95. The quantitative estimate of drug-likeness (QED) is 0.645. The summed E-state index contributed by atoms with van der Waals surface area (Å²) in [5.41, 5.74) is 0.764. The second kappa shape index (κ2) is 3.01. The molecule has 1 aromatic carbocycles. The van der Waals surface area contributed by atoms with Crippen molar-refractivity contribution >= 4 is 11.7 Å². The molecule has 0 aliphatic carbocycles. The van der Waals surface area contributed by atoms with E-state index in [2.05, 4.69) is 4.98 Å². The van der Waals surface area contributed by atoms with E-state index in [1.807, 2.05) is 0 Å². The molecule has 60 valence electrons. The minimum atomic E-state index is -1.09. The van der Waals surface area contributed by atoms with Gasteiger partial charge in [0.1, 0.15) is 0 Å². The lowest BCUT2D eigenvalue weighted by atomic mass is 10.1. The van der Waals surface area contributed by atoms with E-state index >= 15 is 0 Å². The third-order valence-electron chi connectivity index (χ3n) is 1.57. The predicted molar refractivity (Wildman–Crippen MR) is 42.9 cm³/mol. The second-order valence-electron chi connectivity index (χ2n) is 2.38. The number of aromatic carboxylic acids is 1. The molecule has 0 heterocycles. The first-order valence-electron chi connectivity index (χ1n) is 3.35. The molecule has 0 saturated carbocycles. The number of benzene rings is 1. The van der Waals surface area contributed by atoms with Gasteiger partial charge in [0.2, 0.25) is 5.39 Å². The molecule has 0 unspecified atom stereocenters. The van der Waals surface area contributed by atoms with Crippen molar-refractivity contribution in [3.63, 3.8) is 0 Å². The molecular formula is C8H7N2O2+. The molecule has 0 aliphatic rings. The van der Waals surface area contributed by atoms with Crippen LogP contribution in [0.15, 0.2) is 18.2 Å². The SMILES string of the molecule is Cc1cccc(C(=O)O)c1[N+]#N. The van der Waals surface area contributed by atoms with Crippen molar-refractivity contribution in [2.75, 3.05) is 0 Å². The molecule has 0 bridgehead atoms. The Kier molecular flexibility index (Phi) is 2.06. The number of hydrogen-bond donors (Lipinski definition) is 1. The van der Waals surface area contributed by atoms with Crippen LogP contribution in [0.5, 0.6) is 0 Å². The van der Waals surface area contributed by atoms with Crippen LogP contribution in [0.4, 0.5) is 5.69 Å². The van der Waals surface area contributed by atoms with Crippen LogP contribution < -0.4 is 0 Å². The molecule has 12 heavy (non-hydrogen) atoms. The smallest absolute Gasteiger partial charge is 0.402 e. The molecule has 0 saturated heterocycles. The van der Waals surface area contributed by atoms with Gasteiger partial charge in [0.05, 0.1) is 0 Å². The van der Waals surface area contributed by atoms with Gasteiger partial charge in [-0.1, -0.05) is 12.1 Å². The van der Waals surface area contributed by atoms with E-state index in [-0.39, 0.29) is 11.3 Å². The Hall–Kier alpha value is -1.89. The average Bonchev–Trinajstić information content (AvgIpc) is 2.03. The van der Waals surface area contributed by atoms with E-state index in [9.17, 15) is 4.79 Å². The molecule has 0 fully saturated rings. The minimum Gasteiger partial charge on any atom is -0.477 e. The molecule has 0 amide bonds. The van der Waals surface area contributed by atoms with E-state index < -0.39 is 5.97 Å². The van der Waals surface area contributed by atoms with Gasteiger partial charge in [0.25, 0.3) is 0 Å².